The monoisotopic (exact) mass is 378 g/mol. The molecule has 1 heterocycles. The second-order valence-electron chi connectivity index (χ2n) is 5.29. The van der Waals surface area contributed by atoms with E-state index in [1.807, 2.05) is 11.4 Å². The van der Waals surface area contributed by atoms with Gasteiger partial charge in [-0.15, -0.1) is 11.3 Å². The van der Waals surface area contributed by atoms with Crippen molar-refractivity contribution in [1.29, 1.82) is 0 Å². The molecule has 0 unspecified atom stereocenters. The van der Waals surface area contributed by atoms with Gasteiger partial charge >= 0.3 is 0 Å². The first-order valence-electron chi connectivity index (χ1n) is 7.96. The normalized spacial score (nSPS) is 10.1. The predicted molar refractivity (Wildman–Crippen MR) is 99.2 cm³/mol. The van der Waals surface area contributed by atoms with Crippen molar-refractivity contribution in [2.45, 2.75) is 13.0 Å². The van der Waals surface area contributed by atoms with E-state index in [0.29, 0.717) is 28.7 Å². The third-order valence-electron chi connectivity index (χ3n) is 3.60. The number of carbonyl (C=O) groups excluding carboxylic acids is 2. The van der Waals surface area contributed by atoms with Crippen LogP contribution in [0.4, 0.5) is 0 Å². The fourth-order valence-corrected chi connectivity index (χ4v) is 2.95. The molecule has 2 aromatic rings. The standard InChI is InChI=1S/C18H22N2O5S/c1-23-13-9-12(10-14(24-2)17(13)25-3)11-20-16(21)6-7-19-18(22)15-5-4-8-26-15/h4-5,8-10H,6-7,11H2,1-3H3,(H,19,22)(H,20,21). The quantitative estimate of drug-likeness (QED) is 0.699. The van der Waals surface area contributed by atoms with Crippen molar-refractivity contribution in [2.24, 2.45) is 0 Å². The average Bonchev–Trinajstić information content (AvgIpc) is 3.20. The van der Waals surface area contributed by atoms with Crippen LogP contribution in [0.3, 0.4) is 0 Å². The SMILES string of the molecule is COc1cc(CNC(=O)CCNC(=O)c2cccs2)cc(OC)c1OC. The number of carbonyl (C=O) groups is 2. The van der Waals surface area contributed by atoms with Gasteiger partial charge in [0.15, 0.2) is 11.5 Å². The van der Waals surface area contributed by atoms with Crippen molar-refractivity contribution in [3.63, 3.8) is 0 Å². The summed E-state index contributed by atoms with van der Waals surface area (Å²) in [4.78, 5) is 24.4. The minimum Gasteiger partial charge on any atom is -0.493 e. The number of hydrogen-bond acceptors (Lipinski definition) is 6. The van der Waals surface area contributed by atoms with Crippen LogP contribution in [0.1, 0.15) is 21.7 Å². The van der Waals surface area contributed by atoms with E-state index in [1.54, 1.807) is 18.2 Å². The van der Waals surface area contributed by atoms with E-state index in [0.717, 1.165) is 5.56 Å². The first-order valence-corrected chi connectivity index (χ1v) is 8.84. The molecule has 0 aliphatic carbocycles. The van der Waals surface area contributed by atoms with E-state index in [9.17, 15) is 9.59 Å². The van der Waals surface area contributed by atoms with E-state index in [4.69, 9.17) is 14.2 Å². The van der Waals surface area contributed by atoms with E-state index in [1.165, 1.54) is 32.7 Å². The molecule has 8 heteroatoms. The summed E-state index contributed by atoms with van der Waals surface area (Å²) in [7, 11) is 4.61. The molecule has 0 aliphatic rings. The molecule has 0 aliphatic heterocycles. The fourth-order valence-electron chi connectivity index (χ4n) is 2.31. The van der Waals surface area contributed by atoms with E-state index < -0.39 is 0 Å². The Balaban J connectivity index is 1.84. The number of ether oxygens (including phenoxy) is 3. The van der Waals surface area contributed by atoms with Crippen molar-refractivity contribution in [1.82, 2.24) is 10.6 Å². The van der Waals surface area contributed by atoms with Gasteiger partial charge in [0.2, 0.25) is 11.7 Å². The third kappa shape index (κ3) is 5.13. The Morgan fingerprint density at radius 1 is 1.04 bits per heavy atom. The summed E-state index contributed by atoms with van der Waals surface area (Å²) >= 11 is 1.36. The number of benzene rings is 1. The first-order chi connectivity index (χ1) is 12.6. The summed E-state index contributed by atoms with van der Waals surface area (Å²) in [5.74, 6) is 1.22. The second kappa shape index (κ2) is 9.67. The van der Waals surface area contributed by atoms with Crippen LogP contribution in [0.5, 0.6) is 17.2 Å². The maximum atomic E-state index is 12.0. The van der Waals surface area contributed by atoms with Crippen LogP contribution < -0.4 is 24.8 Å². The van der Waals surface area contributed by atoms with Crippen LogP contribution >= 0.6 is 11.3 Å². The lowest BCUT2D eigenvalue weighted by Crippen LogP contribution is -2.30. The van der Waals surface area contributed by atoms with Gasteiger partial charge in [0, 0.05) is 19.5 Å². The minimum absolute atomic E-state index is 0.162. The lowest BCUT2D eigenvalue weighted by atomic mass is 10.1. The Hall–Kier alpha value is -2.74. The summed E-state index contributed by atoms with van der Waals surface area (Å²) in [6.45, 7) is 0.590. The van der Waals surface area contributed by atoms with Crippen LogP contribution in [0.15, 0.2) is 29.6 Å². The zero-order valence-electron chi connectivity index (χ0n) is 15.0. The molecule has 2 rings (SSSR count). The number of rotatable bonds is 9. The largest absolute Gasteiger partial charge is 0.493 e. The predicted octanol–water partition coefficient (Wildman–Crippen LogP) is 2.21. The minimum atomic E-state index is -0.169. The number of amides is 2. The van der Waals surface area contributed by atoms with Crippen molar-refractivity contribution in [3.8, 4) is 17.2 Å². The molecule has 7 nitrogen and oxygen atoms in total. The molecule has 2 N–H and O–H groups in total. The molecule has 1 aromatic heterocycles. The average molecular weight is 378 g/mol. The van der Waals surface area contributed by atoms with E-state index >= 15 is 0 Å². The highest BCUT2D eigenvalue weighted by atomic mass is 32.1. The summed E-state index contributed by atoms with van der Waals surface area (Å²) < 4.78 is 15.8. The smallest absolute Gasteiger partial charge is 0.261 e. The zero-order valence-corrected chi connectivity index (χ0v) is 15.8. The van der Waals surface area contributed by atoms with Gasteiger partial charge in [-0.25, -0.2) is 0 Å². The van der Waals surface area contributed by atoms with Gasteiger partial charge in [-0.1, -0.05) is 6.07 Å². The molecular weight excluding hydrogens is 356 g/mol. The van der Waals surface area contributed by atoms with Gasteiger partial charge in [0.05, 0.1) is 26.2 Å². The van der Waals surface area contributed by atoms with Gasteiger partial charge in [0.25, 0.3) is 5.91 Å². The van der Waals surface area contributed by atoms with Crippen molar-refractivity contribution >= 4 is 23.2 Å². The van der Waals surface area contributed by atoms with Crippen molar-refractivity contribution in [3.05, 3.63) is 40.1 Å². The summed E-state index contributed by atoms with van der Waals surface area (Å²) in [6, 6.07) is 7.11. The Bertz CT molecular complexity index is 721. The molecule has 0 spiro atoms. The van der Waals surface area contributed by atoms with Crippen molar-refractivity contribution < 1.29 is 23.8 Å². The molecular formula is C18H22N2O5S. The molecule has 0 atom stereocenters. The van der Waals surface area contributed by atoms with Crippen molar-refractivity contribution in [2.75, 3.05) is 27.9 Å². The summed E-state index contributed by atoms with van der Waals surface area (Å²) in [5, 5.41) is 7.36. The van der Waals surface area contributed by atoms with Crippen LogP contribution in [0, 0.1) is 0 Å². The Morgan fingerprint density at radius 3 is 2.27 bits per heavy atom. The number of hydrogen-bond donors (Lipinski definition) is 2. The van der Waals surface area contributed by atoms with E-state index in [-0.39, 0.29) is 24.8 Å². The molecule has 1 aromatic carbocycles. The maximum absolute atomic E-state index is 12.0. The molecule has 26 heavy (non-hydrogen) atoms. The highest BCUT2D eigenvalue weighted by Gasteiger charge is 2.13. The highest BCUT2D eigenvalue weighted by molar-refractivity contribution is 7.12. The Labute approximate surface area is 156 Å². The molecule has 0 fully saturated rings. The topological polar surface area (TPSA) is 85.9 Å². The molecule has 0 saturated carbocycles. The van der Waals surface area contributed by atoms with E-state index in [2.05, 4.69) is 10.6 Å². The number of methoxy groups -OCH3 is 3. The van der Waals surface area contributed by atoms with Gasteiger partial charge in [-0.3, -0.25) is 9.59 Å². The molecule has 2 amide bonds. The number of thiophene rings is 1. The van der Waals surface area contributed by atoms with Gasteiger partial charge < -0.3 is 24.8 Å². The van der Waals surface area contributed by atoms with Crippen LogP contribution in [0.2, 0.25) is 0 Å². The molecule has 140 valence electrons. The van der Waals surface area contributed by atoms with Crippen LogP contribution in [-0.4, -0.2) is 39.7 Å². The zero-order chi connectivity index (χ0) is 18.9. The van der Waals surface area contributed by atoms with Crippen LogP contribution in [-0.2, 0) is 11.3 Å². The second-order valence-corrected chi connectivity index (χ2v) is 6.24. The lowest BCUT2D eigenvalue weighted by molar-refractivity contribution is -0.121. The molecule has 0 saturated heterocycles. The van der Waals surface area contributed by atoms with Gasteiger partial charge in [-0.2, -0.15) is 0 Å². The Kier molecular flexibility index (Phi) is 7.28. The first kappa shape index (κ1) is 19.6. The van der Waals surface area contributed by atoms with Gasteiger partial charge in [-0.05, 0) is 29.1 Å². The molecule has 0 radical (unpaired) electrons. The lowest BCUT2D eigenvalue weighted by Gasteiger charge is -2.14. The maximum Gasteiger partial charge on any atom is 0.261 e. The fraction of sp³-hybridized carbons (Fsp3) is 0.333. The third-order valence-corrected chi connectivity index (χ3v) is 4.47. The Morgan fingerprint density at radius 2 is 1.73 bits per heavy atom. The highest BCUT2D eigenvalue weighted by Crippen LogP contribution is 2.38. The summed E-state index contributed by atoms with van der Waals surface area (Å²) in [6.07, 6.45) is 0.196. The van der Waals surface area contributed by atoms with Gasteiger partial charge in [0.1, 0.15) is 0 Å². The molecule has 0 bridgehead atoms. The number of nitrogens with one attached hydrogen (secondary N) is 2. The summed E-state index contributed by atoms with van der Waals surface area (Å²) in [5.41, 5.74) is 0.815. The van der Waals surface area contributed by atoms with Crippen LogP contribution in [0.25, 0.3) is 0 Å².